The van der Waals surface area contributed by atoms with Gasteiger partial charge in [-0.25, -0.2) is 10.4 Å². The second-order valence-electron chi connectivity index (χ2n) is 4.78. The molecule has 0 aliphatic carbocycles. The highest BCUT2D eigenvalue weighted by Gasteiger charge is 2.03. The smallest absolute Gasteiger partial charge is 0.272 e. The van der Waals surface area contributed by atoms with Crippen LogP contribution in [0.3, 0.4) is 0 Å². The number of rotatable bonds is 5. The zero-order valence-electron chi connectivity index (χ0n) is 12.7. The van der Waals surface area contributed by atoms with Gasteiger partial charge in [0.15, 0.2) is 0 Å². The van der Waals surface area contributed by atoms with E-state index in [1.807, 2.05) is 31.3 Å². The van der Waals surface area contributed by atoms with E-state index >= 15 is 0 Å². The van der Waals surface area contributed by atoms with Crippen LogP contribution in [0.2, 0.25) is 0 Å². The number of nitrogen functional groups attached to an aromatic ring is 1. The van der Waals surface area contributed by atoms with Gasteiger partial charge >= 0.3 is 0 Å². The number of benzene rings is 1. The Hall–Kier alpha value is -2.89. The summed E-state index contributed by atoms with van der Waals surface area (Å²) in [7, 11) is 2.03. The van der Waals surface area contributed by atoms with Crippen LogP contribution < -0.4 is 16.1 Å². The molecule has 1 aromatic heterocycles. The molecule has 22 heavy (non-hydrogen) atoms. The molecule has 0 saturated carbocycles. The predicted molar refractivity (Wildman–Crippen MR) is 89.1 cm³/mol. The molecule has 6 heteroatoms. The molecule has 2 aromatic rings. The molecule has 0 radical (unpaired) electrons. The second kappa shape index (κ2) is 7.21. The Balaban J connectivity index is 1.94. The van der Waals surface area contributed by atoms with E-state index < -0.39 is 0 Å². The molecule has 114 valence electrons. The zero-order chi connectivity index (χ0) is 15.9. The van der Waals surface area contributed by atoms with Crippen LogP contribution in [0.1, 0.15) is 22.8 Å². The summed E-state index contributed by atoms with van der Waals surface area (Å²) in [4.78, 5) is 17.8. The summed E-state index contributed by atoms with van der Waals surface area (Å²) in [5.74, 6) is 0.0447. The summed E-state index contributed by atoms with van der Waals surface area (Å²) in [6.45, 7) is 3.04. The highest BCUT2D eigenvalue weighted by atomic mass is 16.2. The van der Waals surface area contributed by atoms with E-state index in [0.717, 1.165) is 17.8 Å². The largest absolute Gasteiger partial charge is 0.384 e. The molecular formula is C16H19N5O. The van der Waals surface area contributed by atoms with Crippen LogP contribution in [0, 0.1) is 0 Å². The van der Waals surface area contributed by atoms with Crippen LogP contribution in [0.25, 0.3) is 0 Å². The van der Waals surface area contributed by atoms with Gasteiger partial charge in [0.2, 0.25) is 0 Å². The fourth-order valence-corrected chi connectivity index (χ4v) is 1.77. The van der Waals surface area contributed by atoms with Gasteiger partial charge in [-0.1, -0.05) is 12.1 Å². The summed E-state index contributed by atoms with van der Waals surface area (Å²) in [6.07, 6.45) is 3.01. The van der Waals surface area contributed by atoms with E-state index in [2.05, 4.69) is 27.3 Å². The van der Waals surface area contributed by atoms with E-state index in [1.165, 1.54) is 6.20 Å². The number of carbonyl (C=O) groups is 1. The molecule has 0 aliphatic heterocycles. The lowest BCUT2D eigenvalue weighted by atomic mass is 10.2. The number of anilines is 2. The van der Waals surface area contributed by atoms with Crippen LogP contribution in [-0.2, 0) is 0 Å². The summed E-state index contributed by atoms with van der Waals surface area (Å²) < 4.78 is 0. The average Bonchev–Trinajstić information content (AvgIpc) is 2.55. The van der Waals surface area contributed by atoms with Gasteiger partial charge in [0.25, 0.3) is 5.91 Å². The van der Waals surface area contributed by atoms with Crippen molar-refractivity contribution in [2.45, 2.75) is 6.92 Å². The van der Waals surface area contributed by atoms with E-state index in [-0.39, 0.29) is 5.91 Å². The topological polar surface area (TPSA) is 83.6 Å². The second-order valence-corrected chi connectivity index (χ2v) is 4.78. The highest BCUT2D eigenvalue weighted by Crippen LogP contribution is 2.12. The first-order chi connectivity index (χ1) is 10.6. The number of nitrogens with zero attached hydrogens (tertiary/aromatic N) is 3. The van der Waals surface area contributed by atoms with E-state index in [1.54, 1.807) is 18.3 Å². The average molecular weight is 297 g/mol. The first kappa shape index (κ1) is 15.5. The molecule has 0 bridgehead atoms. The first-order valence-corrected chi connectivity index (χ1v) is 6.96. The molecule has 0 spiro atoms. The van der Waals surface area contributed by atoms with Crippen LogP contribution in [-0.4, -0.2) is 30.7 Å². The van der Waals surface area contributed by atoms with Crippen LogP contribution in [0.4, 0.5) is 11.5 Å². The molecular weight excluding hydrogens is 278 g/mol. The lowest BCUT2D eigenvalue weighted by molar-refractivity contribution is 0.0955. The van der Waals surface area contributed by atoms with Crippen molar-refractivity contribution in [3.05, 3.63) is 53.7 Å². The van der Waals surface area contributed by atoms with Gasteiger partial charge in [-0.15, -0.1) is 0 Å². The van der Waals surface area contributed by atoms with Crippen molar-refractivity contribution < 1.29 is 4.79 Å². The van der Waals surface area contributed by atoms with E-state index in [9.17, 15) is 4.79 Å². The quantitative estimate of drug-likeness (QED) is 0.652. The summed E-state index contributed by atoms with van der Waals surface area (Å²) in [5, 5.41) is 3.94. The number of hydrogen-bond donors (Lipinski definition) is 2. The molecule has 0 aliphatic rings. The Morgan fingerprint density at radius 3 is 2.64 bits per heavy atom. The van der Waals surface area contributed by atoms with Gasteiger partial charge in [0.1, 0.15) is 5.82 Å². The summed E-state index contributed by atoms with van der Waals surface area (Å²) >= 11 is 0. The summed E-state index contributed by atoms with van der Waals surface area (Å²) in [6, 6.07) is 11.1. The molecule has 1 amide bonds. The number of amides is 1. The normalized spacial score (nSPS) is 10.6. The SMILES string of the molecule is CCN(C)c1ccc(/C=N/NC(=O)c2ccc(N)nc2)cc1. The van der Waals surface area contributed by atoms with Crippen LogP contribution in [0.5, 0.6) is 0 Å². The Labute approximate surface area is 129 Å². The number of nitrogens with two attached hydrogens (primary N) is 1. The van der Waals surface area contributed by atoms with Crippen molar-refractivity contribution in [2.75, 3.05) is 24.2 Å². The van der Waals surface area contributed by atoms with Gasteiger partial charge in [-0.3, -0.25) is 4.79 Å². The monoisotopic (exact) mass is 297 g/mol. The maximum Gasteiger partial charge on any atom is 0.272 e. The molecule has 0 unspecified atom stereocenters. The van der Waals surface area contributed by atoms with Crippen LogP contribution in [0.15, 0.2) is 47.7 Å². The van der Waals surface area contributed by atoms with Crippen molar-refractivity contribution in [3.63, 3.8) is 0 Å². The van der Waals surface area contributed by atoms with Crippen molar-refractivity contribution in [1.29, 1.82) is 0 Å². The van der Waals surface area contributed by atoms with Gasteiger partial charge in [0, 0.05) is 25.5 Å². The molecule has 1 heterocycles. The Bertz CT molecular complexity index is 649. The van der Waals surface area contributed by atoms with E-state index in [0.29, 0.717) is 11.4 Å². The van der Waals surface area contributed by atoms with Crippen molar-refractivity contribution in [2.24, 2.45) is 5.10 Å². The molecule has 3 N–H and O–H groups in total. The highest BCUT2D eigenvalue weighted by molar-refractivity contribution is 5.94. The predicted octanol–water partition coefficient (Wildman–Crippen LogP) is 1.88. The third kappa shape index (κ3) is 4.05. The van der Waals surface area contributed by atoms with Crippen molar-refractivity contribution in [3.8, 4) is 0 Å². The fourth-order valence-electron chi connectivity index (χ4n) is 1.77. The van der Waals surface area contributed by atoms with Gasteiger partial charge in [0.05, 0.1) is 11.8 Å². The Morgan fingerprint density at radius 2 is 2.05 bits per heavy atom. The Morgan fingerprint density at radius 1 is 1.32 bits per heavy atom. The van der Waals surface area contributed by atoms with Gasteiger partial charge in [-0.05, 0) is 36.8 Å². The lowest BCUT2D eigenvalue weighted by Crippen LogP contribution is -2.18. The van der Waals surface area contributed by atoms with Crippen molar-refractivity contribution in [1.82, 2.24) is 10.4 Å². The molecule has 0 fully saturated rings. The lowest BCUT2D eigenvalue weighted by Gasteiger charge is -2.16. The van der Waals surface area contributed by atoms with Crippen molar-refractivity contribution >= 4 is 23.6 Å². The number of pyridine rings is 1. The van der Waals surface area contributed by atoms with Crippen LogP contribution >= 0.6 is 0 Å². The third-order valence-corrected chi connectivity index (χ3v) is 3.24. The fraction of sp³-hybridized carbons (Fsp3) is 0.188. The molecule has 2 rings (SSSR count). The number of nitrogens with one attached hydrogen (secondary N) is 1. The Kier molecular flexibility index (Phi) is 5.08. The molecule has 0 saturated heterocycles. The maximum atomic E-state index is 11.8. The molecule has 1 aromatic carbocycles. The minimum atomic E-state index is -0.328. The maximum absolute atomic E-state index is 11.8. The minimum Gasteiger partial charge on any atom is -0.384 e. The number of carbonyl (C=O) groups excluding carboxylic acids is 1. The third-order valence-electron chi connectivity index (χ3n) is 3.24. The van der Waals surface area contributed by atoms with Gasteiger partial charge < -0.3 is 10.6 Å². The van der Waals surface area contributed by atoms with E-state index in [4.69, 9.17) is 5.73 Å². The number of aromatic nitrogens is 1. The molecule has 0 atom stereocenters. The summed E-state index contributed by atoms with van der Waals surface area (Å²) in [5.41, 5.74) is 10.4. The zero-order valence-corrected chi connectivity index (χ0v) is 12.7. The number of hydrazone groups is 1. The number of hydrogen-bond acceptors (Lipinski definition) is 5. The first-order valence-electron chi connectivity index (χ1n) is 6.96. The van der Waals surface area contributed by atoms with Gasteiger partial charge in [-0.2, -0.15) is 5.10 Å². The molecule has 6 nitrogen and oxygen atoms in total. The standard InChI is InChI=1S/C16H19N5O/c1-3-21(2)14-7-4-12(5-8-14)10-19-20-16(22)13-6-9-15(17)18-11-13/h4-11H,3H2,1-2H3,(H2,17,18)(H,20,22)/b19-10+. The minimum absolute atomic E-state index is 0.328.